The third-order valence-corrected chi connectivity index (χ3v) is 3.92. The third-order valence-electron chi connectivity index (χ3n) is 3.92. The minimum absolute atomic E-state index is 0.581. The molecule has 1 atom stereocenters. The van der Waals surface area contributed by atoms with Crippen LogP contribution in [0.2, 0.25) is 0 Å². The lowest BCUT2D eigenvalue weighted by atomic mass is 9.99. The number of hydrogen-bond acceptors (Lipinski definition) is 3. The first-order valence-corrected chi connectivity index (χ1v) is 7.51. The molecule has 4 heteroatoms. The number of ether oxygens (including phenoxy) is 1. The van der Waals surface area contributed by atoms with Crippen LogP contribution < -0.4 is 10.1 Å². The minimum Gasteiger partial charge on any atom is -0.439 e. The molecule has 0 aliphatic heterocycles. The van der Waals surface area contributed by atoms with Gasteiger partial charge in [-0.15, -0.1) is 0 Å². The lowest BCUT2D eigenvalue weighted by Crippen LogP contribution is -2.07. The third kappa shape index (κ3) is 3.45. The van der Waals surface area contributed by atoms with Gasteiger partial charge in [0, 0.05) is 13.6 Å². The van der Waals surface area contributed by atoms with Crippen LogP contribution in [0, 0.1) is 6.92 Å². The van der Waals surface area contributed by atoms with Gasteiger partial charge in [-0.1, -0.05) is 26.0 Å². The molecule has 0 saturated carbocycles. The van der Waals surface area contributed by atoms with Crippen molar-refractivity contribution in [2.24, 2.45) is 7.05 Å². The maximum absolute atomic E-state index is 6.04. The fourth-order valence-corrected chi connectivity index (χ4v) is 2.40. The lowest BCUT2D eigenvalue weighted by molar-refractivity contribution is 0.424. The predicted molar refractivity (Wildman–Crippen MR) is 85.9 cm³/mol. The quantitative estimate of drug-likeness (QED) is 0.879. The number of nitrogens with zero attached hydrogens (tertiary/aromatic N) is 2. The van der Waals surface area contributed by atoms with Crippen LogP contribution in [0.4, 0.5) is 0 Å². The maximum atomic E-state index is 6.04. The van der Waals surface area contributed by atoms with Gasteiger partial charge < -0.3 is 10.1 Å². The van der Waals surface area contributed by atoms with Gasteiger partial charge in [0.25, 0.3) is 0 Å². The zero-order valence-electron chi connectivity index (χ0n) is 13.6. The Balaban J connectivity index is 2.22. The smallest absolute Gasteiger partial charge is 0.222 e. The summed E-state index contributed by atoms with van der Waals surface area (Å²) in [6.07, 6.45) is 1.15. The molecule has 0 bridgehead atoms. The van der Waals surface area contributed by atoms with E-state index in [1.807, 2.05) is 33.2 Å². The maximum Gasteiger partial charge on any atom is 0.222 e. The molecule has 0 spiro atoms. The molecule has 0 radical (unpaired) electrons. The zero-order chi connectivity index (χ0) is 15.4. The van der Waals surface area contributed by atoms with Crippen LogP contribution >= 0.6 is 0 Å². The van der Waals surface area contributed by atoms with Crippen molar-refractivity contribution >= 4 is 0 Å². The van der Waals surface area contributed by atoms with Crippen molar-refractivity contribution in [3.8, 4) is 11.6 Å². The van der Waals surface area contributed by atoms with E-state index in [1.165, 1.54) is 5.56 Å². The molecular formula is C17H25N3O. The van der Waals surface area contributed by atoms with E-state index < -0.39 is 0 Å². The van der Waals surface area contributed by atoms with Crippen molar-refractivity contribution in [3.05, 3.63) is 41.1 Å². The summed E-state index contributed by atoms with van der Waals surface area (Å²) in [6.45, 7) is 7.20. The van der Waals surface area contributed by atoms with Crippen LogP contribution in [-0.4, -0.2) is 16.8 Å². The molecule has 4 nitrogen and oxygen atoms in total. The molecule has 1 aromatic carbocycles. The zero-order valence-corrected chi connectivity index (χ0v) is 13.6. The van der Waals surface area contributed by atoms with Crippen molar-refractivity contribution < 1.29 is 4.74 Å². The summed E-state index contributed by atoms with van der Waals surface area (Å²) in [4.78, 5) is 0. The van der Waals surface area contributed by atoms with E-state index in [9.17, 15) is 0 Å². The van der Waals surface area contributed by atoms with Gasteiger partial charge in [-0.3, -0.25) is 0 Å². The van der Waals surface area contributed by atoms with Gasteiger partial charge in [0.2, 0.25) is 5.88 Å². The highest BCUT2D eigenvalue weighted by atomic mass is 16.5. The van der Waals surface area contributed by atoms with E-state index in [4.69, 9.17) is 4.74 Å². The number of nitrogens with one attached hydrogen (secondary N) is 1. The molecular weight excluding hydrogens is 262 g/mol. The van der Waals surface area contributed by atoms with Gasteiger partial charge in [0.15, 0.2) is 0 Å². The molecule has 21 heavy (non-hydrogen) atoms. The van der Waals surface area contributed by atoms with E-state index in [2.05, 4.69) is 36.4 Å². The standard InChI is InChI=1S/C17H25N3O/c1-6-12(2)14-7-9-15(10-8-14)21-17-16(11-18-4)13(3)19-20(17)5/h7-10,12,18H,6,11H2,1-5H3. The fourth-order valence-electron chi connectivity index (χ4n) is 2.40. The molecule has 2 aromatic rings. The Morgan fingerprint density at radius 2 is 1.95 bits per heavy atom. The first-order chi connectivity index (χ1) is 10.1. The molecule has 1 aromatic heterocycles. The van der Waals surface area contributed by atoms with E-state index in [0.717, 1.165) is 35.9 Å². The molecule has 2 rings (SSSR count). The Morgan fingerprint density at radius 1 is 1.29 bits per heavy atom. The van der Waals surface area contributed by atoms with Crippen LogP contribution in [0.1, 0.15) is 43.0 Å². The Hall–Kier alpha value is -1.81. The second kappa shape index (κ2) is 6.76. The number of benzene rings is 1. The largest absolute Gasteiger partial charge is 0.439 e. The topological polar surface area (TPSA) is 39.1 Å². The summed E-state index contributed by atoms with van der Waals surface area (Å²) in [5.74, 6) is 2.23. The summed E-state index contributed by atoms with van der Waals surface area (Å²) in [5.41, 5.74) is 3.45. The molecule has 1 N–H and O–H groups in total. The predicted octanol–water partition coefficient (Wildman–Crippen LogP) is 3.75. The van der Waals surface area contributed by atoms with Gasteiger partial charge in [-0.2, -0.15) is 5.10 Å². The van der Waals surface area contributed by atoms with Crippen molar-refractivity contribution in [3.63, 3.8) is 0 Å². The van der Waals surface area contributed by atoms with Crippen LogP contribution in [-0.2, 0) is 13.6 Å². The normalized spacial score (nSPS) is 12.4. The summed E-state index contributed by atoms with van der Waals surface area (Å²) < 4.78 is 7.84. The first kappa shape index (κ1) is 15.6. The molecule has 0 aliphatic carbocycles. The van der Waals surface area contributed by atoms with Gasteiger partial charge in [0.1, 0.15) is 5.75 Å². The second-order valence-electron chi connectivity index (χ2n) is 5.50. The van der Waals surface area contributed by atoms with Crippen molar-refractivity contribution in [2.75, 3.05) is 7.05 Å². The second-order valence-corrected chi connectivity index (χ2v) is 5.50. The fraction of sp³-hybridized carbons (Fsp3) is 0.471. The molecule has 114 valence electrons. The molecule has 0 saturated heterocycles. The number of aromatic nitrogens is 2. The molecule has 0 aliphatic rings. The van der Waals surface area contributed by atoms with Crippen LogP contribution in [0.25, 0.3) is 0 Å². The van der Waals surface area contributed by atoms with E-state index in [0.29, 0.717) is 5.92 Å². The molecule has 0 fully saturated rings. The average molecular weight is 287 g/mol. The number of aryl methyl sites for hydroxylation is 2. The van der Waals surface area contributed by atoms with Crippen molar-refractivity contribution in [1.82, 2.24) is 15.1 Å². The van der Waals surface area contributed by atoms with Crippen LogP contribution in [0.15, 0.2) is 24.3 Å². The van der Waals surface area contributed by atoms with E-state index in [1.54, 1.807) is 4.68 Å². The Bertz CT molecular complexity index is 587. The van der Waals surface area contributed by atoms with Crippen molar-refractivity contribution in [2.45, 2.75) is 39.7 Å². The van der Waals surface area contributed by atoms with E-state index >= 15 is 0 Å². The Kier molecular flexibility index (Phi) is 5.02. The number of rotatable bonds is 6. The highest BCUT2D eigenvalue weighted by molar-refractivity contribution is 5.37. The van der Waals surface area contributed by atoms with Crippen molar-refractivity contribution in [1.29, 1.82) is 0 Å². The minimum atomic E-state index is 0.581. The van der Waals surface area contributed by atoms with Gasteiger partial charge in [-0.25, -0.2) is 4.68 Å². The van der Waals surface area contributed by atoms with Gasteiger partial charge >= 0.3 is 0 Å². The summed E-state index contributed by atoms with van der Waals surface area (Å²) in [5, 5.41) is 7.60. The summed E-state index contributed by atoms with van der Waals surface area (Å²) in [6, 6.07) is 8.36. The lowest BCUT2D eigenvalue weighted by Gasteiger charge is -2.11. The molecule has 1 unspecified atom stereocenters. The SMILES string of the molecule is CCC(C)c1ccc(Oc2c(CNC)c(C)nn2C)cc1. The monoisotopic (exact) mass is 287 g/mol. The molecule has 1 heterocycles. The first-order valence-electron chi connectivity index (χ1n) is 7.51. The summed E-state index contributed by atoms with van der Waals surface area (Å²) >= 11 is 0. The highest BCUT2D eigenvalue weighted by Gasteiger charge is 2.14. The molecule has 0 amide bonds. The van der Waals surface area contributed by atoms with Crippen LogP contribution in [0.3, 0.4) is 0 Å². The Labute approximate surface area is 127 Å². The Morgan fingerprint density at radius 3 is 2.52 bits per heavy atom. The van der Waals surface area contributed by atoms with Crippen LogP contribution in [0.5, 0.6) is 11.6 Å². The average Bonchev–Trinajstić information content (AvgIpc) is 2.74. The van der Waals surface area contributed by atoms with Gasteiger partial charge in [-0.05, 0) is 44.0 Å². The van der Waals surface area contributed by atoms with Gasteiger partial charge in [0.05, 0.1) is 11.3 Å². The van der Waals surface area contributed by atoms with E-state index in [-0.39, 0.29) is 0 Å². The summed E-state index contributed by atoms with van der Waals surface area (Å²) in [7, 11) is 3.84. The number of hydrogen-bond donors (Lipinski definition) is 1. The highest BCUT2D eigenvalue weighted by Crippen LogP contribution is 2.28.